The maximum atomic E-state index is 9.17. The molecule has 2 aromatic rings. The molecule has 2 aromatic carbocycles. The zero-order chi connectivity index (χ0) is 13.2. The quantitative estimate of drug-likeness (QED) is 0.443. The van der Waals surface area contributed by atoms with E-state index in [1.165, 1.54) is 0 Å². The average molecular weight is 244 g/mol. The Hall–Kier alpha value is -3.04. The van der Waals surface area contributed by atoms with Gasteiger partial charge in [0.2, 0.25) is 0 Å². The Morgan fingerprint density at radius 1 is 1.00 bits per heavy atom. The van der Waals surface area contributed by atoms with Crippen molar-refractivity contribution in [3.63, 3.8) is 0 Å². The number of ether oxygens (including phenoxy) is 1. The van der Waals surface area contributed by atoms with E-state index in [0.717, 1.165) is 11.1 Å². The van der Waals surface area contributed by atoms with Gasteiger partial charge in [-0.15, -0.1) is 0 Å². The molecule has 0 saturated heterocycles. The maximum absolute atomic E-state index is 9.17. The summed E-state index contributed by atoms with van der Waals surface area (Å²) in [5.74, 6) is 1.35. The van der Waals surface area contributed by atoms with Gasteiger partial charge in [0.1, 0.15) is 11.5 Å². The van der Waals surface area contributed by atoms with Crippen LogP contribution < -0.4 is 4.74 Å². The van der Waals surface area contributed by atoms with Crippen LogP contribution in [0.1, 0.15) is 11.1 Å². The molecule has 0 bridgehead atoms. The molecule has 0 fully saturated rings. The van der Waals surface area contributed by atoms with Crippen molar-refractivity contribution in [1.82, 2.24) is 0 Å². The van der Waals surface area contributed by atoms with E-state index in [1.54, 1.807) is 0 Å². The summed E-state index contributed by atoms with van der Waals surface area (Å²) in [4.78, 5) is 3.34. The summed E-state index contributed by atoms with van der Waals surface area (Å²) in [5.41, 5.74) is 2.31. The van der Waals surface area contributed by atoms with Gasteiger partial charge in [0.15, 0.2) is 0 Å². The highest BCUT2D eigenvalue weighted by molar-refractivity contribution is 5.91. The number of rotatable bonds is 0. The Bertz CT molecular complexity index is 712. The maximum Gasteiger partial charge on any atom is 0.270 e. The number of para-hydroxylation sites is 2. The second-order valence-corrected chi connectivity index (χ2v) is 4.04. The van der Waals surface area contributed by atoms with Crippen molar-refractivity contribution in [2.75, 3.05) is 0 Å². The molecule has 0 unspecified atom stereocenters. The first-order chi connectivity index (χ1) is 9.35. The van der Waals surface area contributed by atoms with Gasteiger partial charge in [-0.25, -0.2) is 10.1 Å². The summed E-state index contributed by atoms with van der Waals surface area (Å²) < 4.78 is 5.80. The first-order valence-electron chi connectivity index (χ1n) is 5.73. The molecule has 0 spiro atoms. The minimum atomic E-state index is 0.0863. The van der Waals surface area contributed by atoms with Crippen LogP contribution >= 0.6 is 0 Å². The summed E-state index contributed by atoms with van der Waals surface area (Å²) in [7, 11) is 0. The molecule has 88 valence electrons. The molecule has 1 heterocycles. The van der Waals surface area contributed by atoms with Crippen molar-refractivity contribution in [3.8, 4) is 17.6 Å². The third-order valence-electron chi connectivity index (χ3n) is 2.99. The molecule has 3 nitrogen and oxygen atoms in total. The number of nitrogens with zero attached hydrogens (tertiary/aromatic N) is 2. The van der Waals surface area contributed by atoms with Gasteiger partial charge < -0.3 is 4.74 Å². The van der Waals surface area contributed by atoms with Crippen molar-refractivity contribution in [2.24, 2.45) is 0 Å². The highest BCUT2D eigenvalue weighted by Gasteiger charge is 2.24. The molecule has 3 rings (SSSR count). The minimum absolute atomic E-state index is 0.0863. The Kier molecular flexibility index (Phi) is 2.52. The van der Waals surface area contributed by atoms with E-state index in [0.29, 0.717) is 17.1 Å². The van der Waals surface area contributed by atoms with E-state index in [2.05, 4.69) is 4.85 Å². The molecule has 0 N–H and O–H groups in total. The standard InChI is InChI=1S/C16H8N2O/c1-18-13(10-17)16-11-6-2-4-8-14(11)19-15-9-5-3-7-12(15)16/h2-9H. The predicted molar refractivity (Wildman–Crippen MR) is 71.2 cm³/mol. The van der Waals surface area contributed by atoms with E-state index in [1.807, 2.05) is 54.6 Å². The minimum Gasteiger partial charge on any atom is -0.456 e. The molecule has 3 heteroatoms. The van der Waals surface area contributed by atoms with Crippen molar-refractivity contribution in [1.29, 1.82) is 5.26 Å². The van der Waals surface area contributed by atoms with E-state index in [-0.39, 0.29) is 5.70 Å². The van der Waals surface area contributed by atoms with Gasteiger partial charge in [0.05, 0.1) is 12.6 Å². The fraction of sp³-hybridized carbons (Fsp3) is 0. The fourth-order valence-corrected chi connectivity index (χ4v) is 2.18. The summed E-state index contributed by atoms with van der Waals surface area (Å²) >= 11 is 0. The van der Waals surface area contributed by atoms with Crippen molar-refractivity contribution in [3.05, 3.63) is 76.8 Å². The lowest BCUT2D eigenvalue weighted by molar-refractivity contribution is 0.474. The summed E-state index contributed by atoms with van der Waals surface area (Å²) in [5, 5.41) is 9.17. The molecule has 1 aliphatic rings. The molecule has 0 atom stereocenters. The number of allylic oxidation sites excluding steroid dienone is 1. The first-order valence-corrected chi connectivity index (χ1v) is 5.73. The van der Waals surface area contributed by atoms with Crippen LogP contribution in [0.25, 0.3) is 10.4 Å². The third-order valence-corrected chi connectivity index (χ3v) is 2.99. The molecule has 0 aromatic heterocycles. The summed E-state index contributed by atoms with van der Waals surface area (Å²) in [6.07, 6.45) is 0. The first kappa shape index (κ1) is 11.1. The third kappa shape index (κ3) is 1.66. The highest BCUT2D eigenvalue weighted by atomic mass is 16.5. The second-order valence-electron chi connectivity index (χ2n) is 4.04. The monoisotopic (exact) mass is 244 g/mol. The van der Waals surface area contributed by atoms with E-state index in [9.17, 15) is 0 Å². The molecular formula is C16H8N2O. The Labute approximate surface area is 110 Å². The van der Waals surface area contributed by atoms with Gasteiger partial charge in [-0.05, 0) is 12.1 Å². The summed E-state index contributed by atoms with van der Waals surface area (Å²) in [6, 6.07) is 16.9. The van der Waals surface area contributed by atoms with E-state index < -0.39 is 0 Å². The zero-order valence-corrected chi connectivity index (χ0v) is 9.92. The number of hydrogen-bond acceptors (Lipinski definition) is 2. The van der Waals surface area contributed by atoms with Crippen molar-refractivity contribution >= 4 is 5.57 Å². The van der Waals surface area contributed by atoms with Crippen molar-refractivity contribution in [2.45, 2.75) is 0 Å². The zero-order valence-electron chi connectivity index (χ0n) is 9.92. The van der Waals surface area contributed by atoms with Crippen LogP contribution in [0.2, 0.25) is 0 Å². The van der Waals surface area contributed by atoms with Gasteiger partial charge in [0, 0.05) is 16.7 Å². The van der Waals surface area contributed by atoms with Crippen LogP contribution in [0.15, 0.2) is 54.2 Å². The SMILES string of the molecule is [C-]#[N+]C(C#N)=C1c2ccccc2Oc2ccccc21. The topological polar surface area (TPSA) is 37.4 Å². The second kappa shape index (κ2) is 4.33. The van der Waals surface area contributed by atoms with E-state index >= 15 is 0 Å². The Morgan fingerprint density at radius 2 is 1.53 bits per heavy atom. The number of nitriles is 1. The van der Waals surface area contributed by atoms with Crippen LogP contribution in [-0.4, -0.2) is 0 Å². The van der Waals surface area contributed by atoms with Crippen LogP contribution in [0.4, 0.5) is 0 Å². The predicted octanol–water partition coefficient (Wildman–Crippen LogP) is 3.99. The van der Waals surface area contributed by atoms with Crippen LogP contribution in [0, 0.1) is 17.9 Å². The van der Waals surface area contributed by atoms with Crippen LogP contribution in [0.3, 0.4) is 0 Å². The highest BCUT2D eigenvalue weighted by Crippen LogP contribution is 2.44. The fourth-order valence-electron chi connectivity index (χ4n) is 2.18. The molecule has 19 heavy (non-hydrogen) atoms. The normalized spacial score (nSPS) is 11.4. The van der Waals surface area contributed by atoms with Gasteiger partial charge in [-0.3, -0.25) is 0 Å². The van der Waals surface area contributed by atoms with Crippen LogP contribution in [-0.2, 0) is 0 Å². The molecule has 0 amide bonds. The lowest BCUT2D eigenvalue weighted by atomic mass is 9.92. The average Bonchev–Trinajstić information content (AvgIpc) is 2.47. The van der Waals surface area contributed by atoms with Crippen molar-refractivity contribution < 1.29 is 4.74 Å². The number of hydrogen-bond donors (Lipinski definition) is 0. The smallest absolute Gasteiger partial charge is 0.270 e. The molecular weight excluding hydrogens is 236 g/mol. The van der Waals surface area contributed by atoms with Gasteiger partial charge in [-0.2, -0.15) is 0 Å². The molecule has 0 aliphatic carbocycles. The largest absolute Gasteiger partial charge is 0.456 e. The lowest BCUT2D eigenvalue weighted by Crippen LogP contribution is -2.03. The van der Waals surface area contributed by atoms with Gasteiger partial charge >= 0.3 is 0 Å². The lowest BCUT2D eigenvalue weighted by Gasteiger charge is -2.22. The van der Waals surface area contributed by atoms with E-state index in [4.69, 9.17) is 16.6 Å². The number of fused-ring (bicyclic) bond motifs is 2. The Balaban J connectivity index is 2.40. The van der Waals surface area contributed by atoms with Gasteiger partial charge in [0.25, 0.3) is 5.70 Å². The molecule has 0 saturated carbocycles. The Morgan fingerprint density at radius 3 is 2.00 bits per heavy atom. The summed E-state index contributed by atoms with van der Waals surface area (Å²) in [6.45, 7) is 7.18. The van der Waals surface area contributed by atoms with Gasteiger partial charge in [-0.1, -0.05) is 36.4 Å². The van der Waals surface area contributed by atoms with Crippen LogP contribution in [0.5, 0.6) is 11.5 Å². The molecule has 0 radical (unpaired) electrons. The molecule has 1 aliphatic heterocycles. The number of benzene rings is 2.